The van der Waals surface area contributed by atoms with Crippen LogP contribution in [0.3, 0.4) is 0 Å². The lowest BCUT2D eigenvalue weighted by Gasteiger charge is -2.09. The van der Waals surface area contributed by atoms with E-state index in [1.54, 1.807) is 12.3 Å². The molecule has 0 saturated heterocycles. The monoisotopic (exact) mass is 353 g/mol. The highest BCUT2D eigenvalue weighted by Gasteiger charge is 2.15. The molecule has 0 radical (unpaired) electrons. The molecule has 6 nitrogen and oxygen atoms in total. The van der Waals surface area contributed by atoms with E-state index in [-0.39, 0.29) is 22.4 Å². The lowest BCUT2D eigenvalue weighted by molar-refractivity contribution is -0.114. The maximum Gasteiger partial charge on any atom is 0.240 e. The van der Waals surface area contributed by atoms with Crippen molar-refractivity contribution in [3.8, 4) is 0 Å². The average molecular weight is 354 g/mol. The van der Waals surface area contributed by atoms with Gasteiger partial charge in [0.1, 0.15) is 0 Å². The van der Waals surface area contributed by atoms with Crippen molar-refractivity contribution in [2.24, 2.45) is 0 Å². The number of anilines is 1. The summed E-state index contributed by atoms with van der Waals surface area (Å²) in [6.07, 6.45) is 2.14. The van der Waals surface area contributed by atoms with E-state index in [4.69, 9.17) is 11.6 Å². The highest BCUT2D eigenvalue weighted by atomic mass is 35.5. The van der Waals surface area contributed by atoms with Gasteiger partial charge in [0.15, 0.2) is 0 Å². The highest BCUT2D eigenvalue weighted by molar-refractivity contribution is 7.89. The van der Waals surface area contributed by atoms with Crippen molar-refractivity contribution in [1.29, 1.82) is 0 Å². The summed E-state index contributed by atoms with van der Waals surface area (Å²) in [7, 11) is -3.67. The number of sulfonamides is 1. The van der Waals surface area contributed by atoms with Gasteiger partial charge in [-0.25, -0.2) is 13.1 Å². The number of aromatic nitrogens is 1. The first-order valence-electron chi connectivity index (χ1n) is 6.85. The Bertz CT molecular complexity index is 795. The molecular weight excluding hydrogens is 338 g/mol. The molecule has 0 spiro atoms. The van der Waals surface area contributed by atoms with Gasteiger partial charge < -0.3 is 5.32 Å². The predicted molar refractivity (Wildman–Crippen MR) is 88.9 cm³/mol. The molecule has 1 heterocycles. The van der Waals surface area contributed by atoms with Crippen LogP contribution >= 0.6 is 11.6 Å². The molecule has 23 heavy (non-hydrogen) atoms. The molecular formula is C15H16ClN3O3S. The summed E-state index contributed by atoms with van der Waals surface area (Å²) in [5.74, 6) is -0.281. The van der Waals surface area contributed by atoms with Crippen LogP contribution in [0.4, 0.5) is 5.69 Å². The van der Waals surface area contributed by atoms with Crippen molar-refractivity contribution in [3.63, 3.8) is 0 Å². The van der Waals surface area contributed by atoms with Gasteiger partial charge in [0.2, 0.25) is 15.9 Å². The number of hydrogen-bond acceptors (Lipinski definition) is 4. The van der Waals surface area contributed by atoms with Crippen LogP contribution in [0.15, 0.2) is 47.5 Å². The van der Waals surface area contributed by atoms with Gasteiger partial charge in [-0.3, -0.25) is 9.78 Å². The molecule has 0 saturated carbocycles. The van der Waals surface area contributed by atoms with E-state index < -0.39 is 10.0 Å². The van der Waals surface area contributed by atoms with Gasteiger partial charge in [0.25, 0.3) is 0 Å². The van der Waals surface area contributed by atoms with E-state index in [0.29, 0.717) is 12.1 Å². The third kappa shape index (κ3) is 5.02. The Labute approximate surface area is 139 Å². The fourth-order valence-electron chi connectivity index (χ4n) is 1.90. The summed E-state index contributed by atoms with van der Waals surface area (Å²) in [5.41, 5.74) is 1.17. The molecule has 0 aliphatic carbocycles. The fourth-order valence-corrected chi connectivity index (χ4v) is 3.25. The molecule has 1 aromatic heterocycles. The lowest BCUT2D eigenvalue weighted by atomic mass is 10.3. The molecule has 0 fully saturated rings. The first-order chi connectivity index (χ1) is 10.9. The normalized spacial score (nSPS) is 11.2. The topological polar surface area (TPSA) is 88.2 Å². The second-order valence-electron chi connectivity index (χ2n) is 4.79. The summed E-state index contributed by atoms with van der Waals surface area (Å²) >= 11 is 5.99. The molecule has 2 N–H and O–H groups in total. The Kier molecular flexibility index (Phi) is 5.70. The zero-order chi connectivity index (χ0) is 16.9. The SMILES string of the molecule is CC(=O)Nc1ccc(S(=O)(=O)NCCc2ccccn2)cc1Cl. The van der Waals surface area contributed by atoms with E-state index in [1.807, 2.05) is 12.1 Å². The largest absolute Gasteiger partial charge is 0.325 e. The molecule has 0 aliphatic heterocycles. The first kappa shape index (κ1) is 17.4. The van der Waals surface area contributed by atoms with Crippen molar-refractivity contribution < 1.29 is 13.2 Å². The minimum absolute atomic E-state index is 0.0395. The van der Waals surface area contributed by atoms with Crippen molar-refractivity contribution in [2.45, 2.75) is 18.2 Å². The van der Waals surface area contributed by atoms with Gasteiger partial charge in [0, 0.05) is 31.8 Å². The zero-order valence-corrected chi connectivity index (χ0v) is 14.0. The number of pyridine rings is 1. The van der Waals surface area contributed by atoms with Crippen molar-refractivity contribution in [1.82, 2.24) is 9.71 Å². The molecule has 0 aliphatic rings. The zero-order valence-electron chi connectivity index (χ0n) is 12.4. The maximum absolute atomic E-state index is 12.2. The molecule has 8 heteroatoms. The fraction of sp³-hybridized carbons (Fsp3) is 0.200. The van der Waals surface area contributed by atoms with Crippen molar-refractivity contribution in [3.05, 3.63) is 53.3 Å². The molecule has 2 rings (SSSR count). The maximum atomic E-state index is 12.2. The van der Waals surface area contributed by atoms with Crippen LogP contribution in [0.1, 0.15) is 12.6 Å². The Morgan fingerprint density at radius 2 is 2.04 bits per heavy atom. The quantitative estimate of drug-likeness (QED) is 0.833. The Balaban J connectivity index is 2.04. The second kappa shape index (κ2) is 7.54. The number of halogens is 1. The number of benzene rings is 1. The number of nitrogens with zero attached hydrogens (tertiary/aromatic N) is 1. The highest BCUT2D eigenvalue weighted by Crippen LogP contribution is 2.25. The molecule has 0 bridgehead atoms. The van der Waals surface area contributed by atoms with E-state index >= 15 is 0 Å². The molecule has 1 amide bonds. The van der Waals surface area contributed by atoms with E-state index in [1.165, 1.54) is 25.1 Å². The summed E-state index contributed by atoms with van der Waals surface area (Å²) in [6.45, 7) is 1.57. The Hall–Kier alpha value is -1.96. The molecule has 2 aromatic rings. The summed E-state index contributed by atoms with van der Waals surface area (Å²) in [4.78, 5) is 15.2. The van der Waals surface area contributed by atoms with E-state index in [0.717, 1.165) is 5.69 Å². The summed E-state index contributed by atoms with van der Waals surface area (Å²) in [6, 6.07) is 9.62. The van der Waals surface area contributed by atoms with Gasteiger partial charge in [-0.1, -0.05) is 17.7 Å². The molecule has 122 valence electrons. The van der Waals surface area contributed by atoms with Crippen LogP contribution in [0.25, 0.3) is 0 Å². The van der Waals surface area contributed by atoms with Crippen molar-refractivity contribution >= 4 is 33.2 Å². The van der Waals surface area contributed by atoms with Crippen LogP contribution in [-0.4, -0.2) is 25.9 Å². The first-order valence-corrected chi connectivity index (χ1v) is 8.71. The smallest absolute Gasteiger partial charge is 0.240 e. The van der Waals surface area contributed by atoms with Crippen LogP contribution in [0.2, 0.25) is 5.02 Å². The van der Waals surface area contributed by atoms with E-state index in [2.05, 4.69) is 15.0 Å². The third-order valence-electron chi connectivity index (χ3n) is 2.96. The Morgan fingerprint density at radius 3 is 2.65 bits per heavy atom. The molecule has 0 unspecified atom stereocenters. The summed E-state index contributed by atoms with van der Waals surface area (Å²) in [5, 5.41) is 2.68. The second-order valence-corrected chi connectivity index (χ2v) is 6.97. The Morgan fingerprint density at radius 1 is 1.26 bits per heavy atom. The van der Waals surface area contributed by atoms with Crippen LogP contribution < -0.4 is 10.0 Å². The summed E-state index contributed by atoms with van der Waals surface area (Å²) < 4.78 is 27.0. The molecule has 1 aromatic carbocycles. The van der Waals surface area contributed by atoms with Gasteiger partial charge in [-0.15, -0.1) is 0 Å². The van der Waals surface area contributed by atoms with Crippen LogP contribution in [-0.2, 0) is 21.2 Å². The average Bonchev–Trinajstić information content (AvgIpc) is 2.49. The number of carbonyl (C=O) groups is 1. The van der Waals surface area contributed by atoms with Gasteiger partial charge >= 0.3 is 0 Å². The van der Waals surface area contributed by atoms with Crippen molar-refractivity contribution in [2.75, 3.05) is 11.9 Å². The van der Waals surface area contributed by atoms with Gasteiger partial charge in [-0.2, -0.15) is 0 Å². The van der Waals surface area contributed by atoms with Gasteiger partial charge in [0.05, 0.1) is 15.6 Å². The lowest BCUT2D eigenvalue weighted by Crippen LogP contribution is -2.26. The number of carbonyl (C=O) groups excluding carboxylic acids is 1. The molecule has 0 atom stereocenters. The number of rotatable bonds is 6. The standard InChI is InChI=1S/C15H16ClN3O3S/c1-11(20)19-15-6-5-13(10-14(15)16)23(21,22)18-9-7-12-4-2-3-8-17-12/h2-6,8,10,18H,7,9H2,1H3,(H,19,20). The number of nitrogens with one attached hydrogen (secondary N) is 2. The van der Waals surface area contributed by atoms with Crippen LogP contribution in [0.5, 0.6) is 0 Å². The predicted octanol–water partition coefficient (Wildman–Crippen LogP) is 2.21. The minimum atomic E-state index is -3.67. The minimum Gasteiger partial charge on any atom is -0.325 e. The van der Waals surface area contributed by atoms with Crippen LogP contribution in [0, 0.1) is 0 Å². The number of hydrogen-bond donors (Lipinski definition) is 2. The van der Waals surface area contributed by atoms with Gasteiger partial charge in [-0.05, 0) is 30.3 Å². The van der Waals surface area contributed by atoms with E-state index in [9.17, 15) is 13.2 Å². The third-order valence-corrected chi connectivity index (χ3v) is 4.73. The number of amides is 1.